The zero-order chi connectivity index (χ0) is 12.4. The molecule has 2 aromatic rings. The number of benzene rings is 1. The van der Waals surface area contributed by atoms with E-state index in [9.17, 15) is 0 Å². The molecule has 1 heterocycles. The van der Waals surface area contributed by atoms with Crippen LogP contribution in [-0.2, 0) is 0 Å². The lowest BCUT2D eigenvalue weighted by molar-refractivity contribution is 0.415. The Balaban J connectivity index is 2.41. The van der Waals surface area contributed by atoms with Crippen molar-refractivity contribution in [1.82, 2.24) is 9.97 Å². The first-order valence-corrected chi connectivity index (χ1v) is 5.60. The number of nitrogens with two attached hydrogens (primary N) is 1. The van der Waals surface area contributed by atoms with E-state index < -0.39 is 0 Å². The van der Waals surface area contributed by atoms with E-state index in [0.717, 1.165) is 22.8 Å². The summed E-state index contributed by atoms with van der Waals surface area (Å²) < 4.78 is 5.19. The number of rotatable bonds is 3. The predicted molar refractivity (Wildman–Crippen MR) is 69.1 cm³/mol. The molecule has 0 atom stereocenters. The summed E-state index contributed by atoms with van der Waals surface area (Å²) in [4.78, 5) is 7.64. The normalized spacial score (nSPS) is 10.8. The van der Waals surface area contributed by atoms with Crippen molar-refractivity contribution in [1.29, 1.82) is 0 Å². The SMILES string of the molecule is COc1cc(N)cc(-c2ncc(C(C)C)[nH]2)c1. The van der Waals surface area contributed by atoms with Crippen molar-refractivity contribution in [2.24, 2.45) is 0 Å². The largest absolute Gasteiger partial charge is 0.497 e. The van der Waals surface area contributed by atoms with E-state index in [1.54, 1.807) is 13.2 Å². The van der Waals surface area contributed by atoms with Gasteiger partial charge >= 0.3 is 0 Å². The number of H-pyrrole nitrogens is 1. The molecule has 0 unspecified atom stereocenters. The monoisotopic (exact) mass is 231 g/mol. The van der Waals surface area contributed by atoms with E-state index in [1.165, 1.54) is 0 Å². The number of aromatic nitrogens is 2. The van der Waals surface area contributed by atoms with Crippen molar-refractivity contribution < 1.29 is 4.74 Å². The van der Waals surface area contributed by atoms with E-state index in [-0.39, 0.29) is 0 Å². The number of nitrogen functional groups attached to an aromatic ring is 1. The fraction of sp³-hybridized carbons (Fsp3) is 0.308. The van der Waals surface area contributed by atoms with Crippen LogP contribution in [-0.4, -0.2) is 17.1 Å². The average molecular weight is 231 g/mol. The van der Waals surface area contributed by atoms with E-state index in [2.05, 4.69) is 23.8 Å². The number of nitrogens with one attached hydrogen (secondary N) is 1. The number of imidazole rings is 1. The van der Waals surface area contributed by atoms with Gasteiger partial charge in [0.2, 0.25) is 0 Å². The van der Waals surface area contributed by atoms with Gasteiger partial charge in [-0.05, 0) is 18.1 Å². The standard InChI is InChI=1S/C13H17N3O/c1-8(2)12-7-15-13(16-12)9-4-10(14)6-11(5-9)17-3/h4-8H,14H2,1-3H3,(H,15,16). The second kappa shape index (κ2) is 4.49. The van der Waals surface area contributed by atoms with Crippen LogP contribution in [0.1, 0.15) is 25.5 Å². The average Bonchev–Trinajstić information content (AvgIpc) is 2.77. The topological polar surface area (TPSA) is 63.9 Å². The minimum atomic E-state index is 0.430. The molecular formula is C13H17N3O. The van der Waals surface area contributed by atoms with Crippen LogP contribution < -0.4 is 10.5 Å². The number of methoxy groups -OCH3 is 1. The Bertz CT molecular complexity index is 517. The molecule has 0 saturated heterocycles. The van der Waals surface area contributed by atoms with Gasteiger partial charge < -0.3 is 15.5 Å². The highest BCUT2D eigenvalue weighted by atomic mass is 16.5. The number of nitrogens with zero attached hydrogens (tertiary/aromatic N) is 1. The number of aromatic amines is 1. The second-order valence-corrected chi connectivity index (χ2v) is 4.34. The molecular weight excluding hydrogens is 214 g/mol. The summed E-state index contributed by atoms with van der Waals surface area (Å²) in [5, 5.41) is 0. The van der Waals surface area contributed by atoms with Gasteiger partial charge in [0, 0.05) is 29.2 Å². The Labute approximate surface area is 101 Å². The highest BCUT2D eigenvalue weighted by Crippen LogP contribution is 2.26. The Morgan fingerprint density at radius 3 is 2.65 bits per heavy atom. The van der Waals surface area contributed by atoms with E-state index >= 15 is 0 Å². The summed E-state index contributed by atoms with van der Waals surface area (Å²) in [6.45, 7) is 4.24. The third-order valence-electron chi connectivity index (χ3n) is 2.66. The molecule has 90 valence electrons. The van der Waals surface area contributed by atoms with Crippen LogP contribution in [0.25, 0.3) is 11.4 Å². The van der Waals surface area contributed by atoms with Crippen molar-refractivity contribution in [3.8, 4) is 17.1 Å². The zero-order valence-electron chi connectivity index (χ0n) is 10.3. The summed E-state index contributed by atoms with van der Waals surface area (Å²) in [6.07, 6.45) is 1.86. The molecule has 0 saturated carbocycles. The number of hydrogen-bond donors (Lipinski definition) is 2. The van der Waals surface area contributed by atoms with Crippen LogP contribution in [0.2, 0.25) is 0 Å². The third-order valence-corrected chi connectivity index (χ3v) is 2.66. The molecule has 2 rings (SSSR count). The zero-order valence-corrected chi connectivity index (χ0v) is 10.3. The Hall–Kier alpha value is -1.97. The molecule has 3 N–H and O–H groups in total. The first-order valence-electron chi connectivity index (χ1n) is 5.60. The lowest BCUT2D eigenvalue weighted by Gasteiger charge is -2.05. The summed E-state index contributed by atoms with van der Waals surface area (Å²) in [7, 11) is 1.63. The van der Waals surface area contributed by atoms with Crippen molar-refractivity contribution >= 4 is 5.69 Å². The van der Waals surface area contributed by atoms with Crippen LogP contribution in [0.5, 0.6) is 5.75 Å². The third kappa shape index (κ3) is 2.41. The summed E-state index contributed by atoms with van der Waals surface area (Å²) in [5.41, 5.74) is 8.54. The minimum absolute atomic E-state index is 0.430. The number of ether oxygens (including phenoxy) is 1. The molecule has 0 bridgehead atoms. The first-order chi connectivity index (χ1) is 8.10. The van der Waals surface area contributed by atoms with Crippen LogP contribution in [0.15, 0.2) is 24.4 Å². The van der Waals surface area contributed by atoms with Gasteiger partial charge in [-0.15, -0.1) is 0 Å². The van der Waals surface area contributed by atoms with Crippen molar-refractivity contribution in [2.75, 3.05) is 12.8 Å². The molecule has 4 nitrogen and oxygen atoms in total. The highest BCUT2D eigenvalue weighted by molar-refractivity contribution is 5.64. The second-order valence-electron chi connectivity index (χ2n) is 4.34. The summed E-state index contributed by atoms with van der Waals surface area (Å²) in [5.74, 6) is 1.99. The molecule has 0 fully saturated rings. The summed E-state index contributed by atoms with van der Waals surface area (Å²) in [6, 6.07) is 5.58. The molecule has 0 spiro atoms. The maximum Gasteiger partial charge on any atom is 0.137 e. The molecule has 0 aliphatic rings. The fourth-order valence-corrected chi connectivity index (χ4v) is 1.65. The molecule has 0 aliphatic heterocycles. The van der Waals surface area contributed by atoms with Gasteiger partial charge in [-0.1, -0.05) is 13.8 Å². The van der Waals surface area contributed by atoms with Gasteiger partial charge in [-0.3, -0.25) is 0 Å². The number of hydrogen-bond acceptors (Lipinski definition) is 3. The van der Waals surface area contributed by atoms with Gasteiger partial charge in [0.1, 0.15) is 11.6 Å². The minimum Gasteiger partial charge on any atom is -0.497 e. The van der Waals surface area contributed by atoms with Crippen LogP contribution in [0.4, 0.5) is 5.69 Å². The maximum atomic E-state index is 5.82. The molecule has 0 radical (unpaired) electrons. The highest BCUT2D eigenvalue weighted by Gasteiger charge is 2.08. The summed E-state index contributed by atoms with van der Waals surface area (Å²) >= 11 is 0. The van der Waals surface area contributed by atoms with Crippen molar-refractivity contribution in [3.63, 3.8) is 0 Å². The Morgan fingerprint density at radius 1 is 1.29 bits per heavy atom. The van der Waals surface area contributed by atoms with Crippen molar-refractivity contribution in [3.05, 3.63) is 30.1 Å². The maximum absolute atomic E-state index is 5.82. The van der Waals surface area contributed by atoms with Crippen LogP contribution >= 0.6 is 0 Å². The Kier molecular flexibility index (Phi) is 3.04. The molecule has 17 heavy (non-hydrogen) atoms. The van der Waals surface area contributed by atoms with E-state index in [4.69, 9.17) is 10.5 Å². The van der Waals surface area contributed by atoms with E-state index in [0.29, 0.717) is 11.6 Å². The Morgan fingerprint density at radius 2 is 2.06 bits per heavy atom. The lowest BCUT2D eigenvalue weighted by atomic mass is 10.1. The van der Waals surface area contributed by atoms with Gasteiger partial charge in [-0.25, -0.2) is 4.98 Å². The van der Waals surface area contributed by atoms with Gasteiger partial charge in [0.15, 0.2) is 0 Å². The van der Waals surface area contributed by atoms with Crippen molar-refractivity contribution in [2.45, 2.75) is 19.8 Å². The lowest BCUT2D eigenvalue weighted by Crippen LogP contribution is -1.91. The predicted octanol–water partition coefficient (Wildman–Crippen LogP) is 2.79. The molecule has 4 heteroatoms. The smallest absolute Gasteiger partial charge is 0.137 e. The van der Waals surface area contributed by atoms with Gasteiger partial charge in [-0.2, -0.15) is 0 Å². The van der Waals surface area contributed by atoms with Gasteiger partial charge in [0.05, 0.1) is 7.11 Å². The fourth-order valence-electron chi connectivity index (χ4n) is 1.65. The van der Waals surface area contributed by atoms with Gasteiger partial charge in [0.25, 0.3) is 0 Å². The molecule has 0 aliphatic carbocycles. The van der Waals surface area contributed by atoms with E-state index in [1.807, 2.05) is 18.3 Å². The quantitative estimate of drug-likeness (QED) is 0.798. The molecule has 1 aromatic carbocycles. The molecule has 1 aromatic heterocycles. The van der Waals surface area contributed by atoms with Crippen LogP contribution in [0.3, 0.4) is 0 Å². The number of anilines is 1. The molecule has 0 amide bonds. The first kappa shape index (κ1) is 11.5. The van der Waals surface area contributed by atoms with Crippen LogP contribution in [0, 0.1) is 0 Å².